The molecule has 0 saturated carbocycles. The van der Waals surface area contributed by atoms with Crippen molar-refractivity contribution in [1.29, 1.82) is 5.26 Å². The number of rotatable bonds is 1. The Balaban J connectivity index is 2.30. The highest BCUT2D eigenvalue weighted by Gasteiger charge is 2.24. The smallest absolute Gasteiger partial charge is 0.0991 e. The zero-order valence-electron chi connectivity index (χ0n) is 10.6. The zero-order chi connectivity index (χ0) is 12.4. The molecule has 1 aromatic carbocycles. The Labute approximate surface area is 103 Å². The van der Waals surface area contributed by atoms with Gasteiger partial charge < -0.3 is 9.64 Å². The van der Waals surface area contributed by atoms with Crippen LogP contribution in [0.15, 0.2) is 18.2 Å². The van der Waals surface area contributed by atoms with Crippen LogP contribution in [0.2, 0.25) is 0 Å². The standard InChI is InChI=1S/C14H18N2O/c1-10-6-13(7-15)4-5-14(10)16-8-12(3)17-9-11(16)2/h4-6,11-12H,8-9H2,1-3H3. The van der Waals surface area contributed by atoms with Crippen LogP contribution in [0.4, 0.5) is 5.69 Å². The summed E-state index contributed by atoms with van der Waals surface area (Å²) in [6, 6.07) is 8.44. The van der Waals surface area contributed by atoms with Crippen LogP contribution in [0.5, 0.6) is 0 Å². The summed E-state index contributed by atoms with van der Waals surface area (Å²) in [4.78, 5) is 2.37. The minimum Gasteiger partial charge on any atom is -0.375 e. The summed E-state index contributed by atoms with van der Waals surface area (Å²) < 4.78 is 5.63. The van der Waals surface area contributed by atoms with Crippen LogP contribution in [0.1, 0.15) is 25.0 Å². The Morgan fingerprint density at radius 1 is 1.41 bits per heavy atom. The maximum absolute atomic E-state index is 8.87. The summed E-state index contributed by atoms with van der Waals surface area (Å²) in [5.41, 5.74) is 3.09. The molecule has 0 radical (unpaired) electrons. The van der Waals surface area contributed by atoms with E-state index < -0.39 is 0 Å². The van der Waals surface area contributed by atoms with E-state index in [4.69, 9.17) is 10.00 Å². The molecule has 0 N–H and O–H groups in total. The van der Waals surface area contributed by atoms with Gasteiger partial charge in [0.1, 0.15) is 0 Å². The summed E-state index contributed by atoms with van der Waals surface area (Å²) in [6.45, 7) is 8.00. The summed E-state index contributed by atoms with van der Waals surface area (Å²) in [6.07, 6.45) is 0.265. The molecule has 90 valence electrons. The van der Waals surface area contributed by atoms with Gasteiger partial charge in [-0.15, -0.1) is 0 Å². The minimum atomic E-state index is 0.265. The van der Waals surface area contributed by atoms with E-state index in [2.05, 4.69) is 31.7 Å². The van der Waals surface area contributed by atoms with Gasteiger partial charge in [-0.25, -0.2) is 0 Å². The second kappa shape index (κ2) is 4.77. The highest BCUT2D eigenvalue weighted by atomic mass is 16.5. The fourth-order valence-corrected chi connectivity index (χ4v) is 2.29. The first kappa shape index (κ1) is 11.9. The van der Waals surface area contributed by atoms with E-state index in [1.54, 1.807) is 0 Å². The molecular weight excluding hydrogens is 212 g/mol. The first-order valence-electron chi connectivity index (χ1n) is 6.01. The maximum Gasteiger partial charge on any atom is 0.0991 e. The highest BCUT2D eigenvalue weighted by molar-refractivity contribution is 5.57. The molecule has 17 heavy (non-hydrogen) atoms. The fourth-order valence-electron chi connectivity index (χ4n) is 2.29. The Morgan fingerprint density at radius 3 is 2.82 bits per heavy atom. The first-order valence-corrected chi connectivity index (χ1v) is 6.01. The Kier molecular flexibility index (Phi) is 3.35. The predicted octanol–water partition coefficient (Wildman–Crippen LogP) is 2.48. The molecule has 1 aliphatic rings. The monoisotopic (exact) mass is 230 g/mol. The number of ether oxygens (including phenoxy) is 1. The minimum absolute atomic E-state index is 0.265. The maximum atomic E-state index is 8.87. The van der Waals surface area contributed by atoms with E-state index in [0.717, 1.165) is 24.3 Å². The number of anilines is 1. The molecule has 0 aliphatic carbocycles. The van der Waals surface area contributed by atoms with Gasteiger partial charge in [-0.3, -0.25) is 0 Å². The highest BCUT2D eigenvalue weighted by Crippen LogP contribution is 2.26. The van der Waals surface area contributed by atoms with E-state index in [0.29, 0.717) is 6.04 Å². The van der Waals surface area contributed by atoms with Crippen LogP contribution in [0, 0.1) is 18.3 Å². The van der Waals surface area contributed by atoms with Crippen LogP contribution in [0.3, 0.4) is 0 Å². The lowest BCUT2D eigenvalue weighted by molar-refractivity contribution is 0.0343. The van der Waals surface area contributed by atoms with Gasteiger partial charge in [0.15, 0.2) is 0 Å². The van der Waals surface area contributed by atoms with Crippen molar-refractivity contribution in [2.75, 3.05) is 18.1 Å². The lowest BCUT2D eigenvalue weighted by atomic mass is 10.1. The van der Waals surface area contributed by atoms with Crippen molar-refractivity contribution in [3.8, 4) is 6.07 Å². The average molecular weight is 230 g/mol. The summed E-state index contributed by atoms with van der Waals surface area (Å²) in [5, 5.41) is 8.87. The Bertz CT molecular complexity index is 450. The molecule has 2 unspecified atom stereocenters. The van der Waals surface area contributed by atoms with Crippen LogP contribution >= 0.6 is 0 Å². The van der Waals surface area contributed by atoms with Crippen LogP contribution < -0.4 is 4.90 Å². The molecule has 2 rings (SSSR count). The Morgan fingerprint density at radius 2 is 2.18 bits per heavy atom. The number of hydrogen-bond donors (Lipinski definition) is 0. The third-order valence-electron chi connectivity index (χ3n) is 3.24. The molecule has 2 atom stereocenters. The summed E-state index contributed by atoms with van der Waals surface area (Å²) in [7, 11) is 0. The third-order valence-corrected chi connectivity index (χ3v) is 3.24. The van der Waals surface area contributed by atoms with E-state index in [9.17, 15) is 0 Å². The van der Waals surface area contributed by atoms with Gasteiger partial charge in [-0.1, -0.05) is 0 Å². The van der Waals surface area contributed by atoms with Crippen molar-refractivity contribution in [3.05, 3.63) is 29.3 Å². The molecule has 1 fully saturated rings. The summed E-state index contributed by atoms with van der Waals surface area (Å²) in [5.74, 6) is 0. The number of nitrogens with zero attached hydrogens (tertiary/aromatic N) is 2. The fraction of sp³-hybridized carbons (Fsp3) is 0.500. The number of hydrogen-bond acceptors (Lipinski definition) is 3. The zero-order valence-corrected chi connectivity index (χ0v) is 10.6. The number of aryl methyl sites for hydroxylation is 1. The molecule has 1 heterocycles. The average Bonchev–Trinajstić information content (AvgIpc) is 2.32. The van der Waals surface area contributed by atoms with Crippen molar-refractivity contribution < 1.29 is 4.74 Å². The lowest BCUT2D eigenvalue weighted by Gasteiger charge is -2.39. The number of nitriles is 1. The van der Waals surface area contributed by atoms with Gasteiger partial charge in [0.2, 0.25) is 0 Å². The van der Waals surface area contributed by atoms with Crippen molar-refractivity contribution in [3.63, 3.8) is 0 Å². The van der Waals surface area contributed by atoms with Crippen LogP contribution in [-0.4, -0.2) is 25.3 Å². The quantitative estimate of drug-likeness (QED) is 0.743. The Hall–Kier alpha value is -1.53. The largest absolute Gasteiger partial charge is 0.375 e. The molecule has 3 heteroatoms. The molecule has 1 aromatic rings. The normalized spacial score (nSPS) is 24.5. The molecule has 0 spiro atoms. The van der Waals surface area contributed by atoms with Gasteiger partial charge in [0, 0.05) is 18.3 Å². The molecule has 1 saturated heterocycles. The molecular formula is C14H18N2O. The van der Waals surface area contributed by atoms with Crippen molar-refractivity contribution in [1.82, 2.24) is 0 Å². The van der Waals surface area contributed by atoms with Crippen molar-refractivity contribution >= 4 is 5.69 Å². The third kappa shape index (κ3) is 2.42. The van der Waals surface area contributed by atoms with Gasteiger partial charge in [0.25, 0.3) is 0 Å². The van der Waals surface area contributed by atoms with Crippen LogP contribution in [-0.2, 0) is 4.74 Å². The molecule has 0 amide bonds. The van der Waals surface area contributed by atoms with E-state index >= 15 is 0 Å². The second-order valence-corrected chi connectivity index (χ2v) is 4.76. The SMILES string of the molecule is Cc1cc(C#N)ccc1N1CC(C)OCC1C. The predicted molar refractivity (Wildman–Crippen MR) is 68.1 cm³/mol. The second-order valence-electron chi connectivity index (χ2n) is 4.76. The molecule has 3 nitrogen and oxygen atoms in total. The van der Waals surface area contributed by atoms with E-state index in [-0.39, 0.29) is 6.10 Å². The van der Waals surface area contributed by atoms with E-state index in [1.807, 2.05) is 18.2 Å². The summed E-state index contributed by atoms with van der Waals surface area (Å²) >= 11 is 0. The topological polar surface area (TPSA) is 36.3 Å². The van der Waals surface area contributed by atoms with Gasteiger partial charge >= 0.3 is 0 Å². The molecule has 0 aromatic heterocycles. The molecule has 1 aliphatic heterocycles. The molecule has 0 bridgehead atoms. The first-order chi connectivity index (χ1) is 8.11. The van der Waals surface area contributed by atoms with Crippen LogP contribution in [0.25, 0.3) is 0 Å². The van der Waals surface area contributed by atoms with E-state index in [1.165, 1.54) is 5.69 Å². The lowest BCUT2D eigenvalue weighted by Crippen LogP contribution is -2.47. The van der Waals surface area contributed by atoms with Gasteiger partial charge in [-0.2, -0.15) is 5.26 Å². The van der Waals surface area contributed by atoms with Gasteiger partial charge in [-0.05, 0) is 44.5 Å². The number of morpholine rings is 1. The number of benzene rings is 1. The van der Waals surface area contributed by atoms with Gasteiger partial charge in [0.05, 0.1) is 24.3 Å². The van der Waals surface area contributed by atoms with Crippen molar-refractivity contribution in [2.24, 2.45) is 0 Å². The van der Waals surface area contributed by atoms with Crippen molar-refractivity contribution in [2.45, 2.75) is 32.9 Å².